The highest BCUT2D eigenvalue weighted by molar-refractivity contribution is 9.10. The highest BCUT2D eigenvalue weighted by atomic mass is 79.9. The van der Waals surface area contributed by atoms with E-state index in [0.717, 1.165) is 12.8 Å². The van der Waals surface area contributed by atoms with Gasteiger partial charge >= 0.3 is 0 Å². The van der Waals surface area contributed by atoms with Crippen molar-refractivity contribution < 1.29 is 8.42 Å². The van der Waals surface area contributed by atoms with Crippen LogP contribution in [0.5, 0.6) is 0 Å². The van der Waals surface area contributed by atoms with E-state index in [2.05, 4.69) is 15.9 Å². The van der Waals surface area contributed by atoms with Gasteiger partial charge in [0.15, 0.2) is 0 Å². The lowest BCUT2D eigenvalue weighted by atomic mass is 10.4. The second-order valence-corrected chi connectivity index (χ2v) is 7.48. The minimum atomic E-state index is -3.56. The third kappa shape index (κ3) is 3.29. The minimum Gasteiger partial charge on any atom is -0.207 e. The van der Waals surface area contributed by atoms with Crippen LogP contribution in [-0.2, 0) is 10.0 Å². The molecular formula is C12H12BrClN2O2S. The first kappa shape index (κ1) is 14.8. The van der Waals surface area contributed by atoms with Crippen LogP contribution in [0.4, 0.5) is 0 Å². The van der Waals surface area contributed by atoms with Gasteiger partial charge in [-0.1, -0.05) is 11.6 Å². The standard InChI is InChI=1S/C12H12BrClN2O2S/c13-11-8-10(4-5-12(11)14)19(17,18)16(7-1-6-15)9-2-3-9/h4-5,8-9H,1-3,7H2. The van der Waals surface area contributed by atoms with E-state index in [9.17, 15) is 8.42 Å². The van der Waals surface area contributed by atoms with E-state index in [1.54, 1.807) is 6.07 Å². The van der Waals surface area contributed by atoms with Crippen molar-refractivity contribution >= 4 is 37.6 Å². The second kappa shape index (κ2) is 5.80. The van der Waals surface area contributed by atoms with Crippen LogP contribution in [-0.4, -0.2) is 25.3 Å². The van der Waals surface area contributed by atoms with Gasteiger partial charge in [-0.2, -0.15) is 9.57 Å². The molecule has 4 nitrogen and oxygen atoms in total. The molecule has 0 amide bonds. The van der Waals surface area contributed by atoms with Crippen molar-refractivity contribution in [3.63, 3.8) is 0 Å². The lowest BCUT2D eigenvalue weighted by molar-refractivity contribution is 0.411. The molecule has 0 saturated heterocycles. The van der Waals surface area contributed by atoms with E-state index in [1.807, 2.05) is 6.07 Å². The molecule has 1 aromatic rings. The Hall–Kier alpha value is -0.610. The number of hydrogen-bond acceptors (Lipinski definition) is 3. The Bertz CT molecular complexity index is 623. The smallest absolute Gasteiger partial charge is 0.207 e. The lowest BCUT2D eigenvalue weighted by Crippen LogP contribution is -2.34. The summed E-state index contributed by atoms with van der Waals surface area (Å²) in [6.45, 7) is 0.240. The highest BCUT2D eigenvalue weighted by Gasteiger charge is 2.37. The number of sulfonamides is 1. The molecule has 0 radical (unpaired) electrons. The molecule has 0 heterocycles. The number of nitrogens with zero attached hydrogens (tertiary/aromatic N) is 2. The Morgan fingerprint density at radius 2 is 2.16 bits per heavy atom. The van der Waals surface area contributed by atoms with Crippen molar-refractivity contribution in [2.24, 2.45) is 0 Å². The van der Waals surface area contributed by atoms with Gasteiger partial charge in [-0.05, 0) is 47.0 Å². The Labute approximate surface area is 126 Å². The van der Waals surface area contributed by atoms with E-state index >= 15 is 0 Å². The van der Waals surface area contributed by atoms with Crippen LogP contribution < -0.4 is 0 Å². The number of benzene rings is 1. The van der Waals surface area contributed by atoms with Crippen LogP contribution >= 0.6 is 27.5 Å². The van der Waals surface area contributed by atoms with Gasteiger partial charge in [-0.3, -0.25) is 0 Å². The van der Waals surface area contributed by atoms with Gasteiger partial charge in [0.25, 0.3) is 0 Å². The van der Waals surface area contributed by atoms with Gasteiger partial charge in [0, 0.05) is 23.5 Å². The van der Waals surface area contributed by atoms with Gasteiger partial charge in [-0.25, -0.2) is 8.42 Å². The number of halogens is 2. The highest BCUT2D eigenvalue weighted by Crippen LogP contribution is 2.33. The predicted octanol–water partition coefficient (Wildman–Crippen LogP) is 3.17. The van der Waals surface area contributed by atoms with Gasteiger partial charge in [-0.15, -0.1) is 0 Å². The van der Waals surface area contributed by atoms with E-state index in [1.165, 1.54) is 16.4 Å². The maximum absolute atomic E-state index is 12.5. The summed E-state index contributed by atoms with van der Waals surface area (Å²) in [6, 6.07) is 6.56. The first-order valence-corrected chi connectivity index (χ1v) is 8.42. The number of nitriles is 1. The summed E-state index contributed by atoms with van der Waals surface area (Å²) in [5, 5.41) is 9.10. The van der Waals surface area contributed by atoms with Gasteiger partial charge in [0.05, 0.1) is 16.0 Å². The SMILES string of the molecule is N#CCCN(C1CC1)S(=O)(=O)c1ccc(Cl)c(Br)c1. The van der Waals surface area contributed by atoms with Gasteiger partial charge in [0.1, 0.15) is 0 Å². The number of hydrogen-bond donors (Lipinski definition) is 0. The molecule has 0 spiro atoms. The lowest BCUT2D eigenvalue weighted by Gasteiger charge is -2.20. The summed E-state index contributed by atoms with van der Waals surface area (Å²) in [7, 11) is -3.56. The van der Waals surface area contributed by atoms with Crippen LogP contribution in [0, 0.1) is 11.3 Å². The van der Waals surface area contributed by atoms with Gasteiger partial charge < -0.3 is 0 Å². The van der Waals surface area contributed by atoms with Crippen LogP contribution in [0.3, 0.4) is 0 Å². The Morgan fingerprint density at radius 1 is 1.47 bits per heavy atom. The average Bonchev–Trinajstić information content (AvgIpc) is 3.17. The molecular weight excluding hydrogens is 352 g/mol. The first-order chi connectivity index (χ1) is 8.96. The van der Waals surface area contributed by atoms with Gasteiger partial charge in [0.2, 0.25) is 10.0 Å². The normalized spacial score (nSPS) is 15.5. The zero-order chi connectivity index (χ0) is 14.0. The fourth-order valence-electron chi connectivity index (χ4n) is 1.79. The minimum absolute atomic E-state index is 0.0350. The fraction of sp³-hybridized carbons (Fsp3) is 0.417. The summed E-state index contributed by atoms with van der Waals surface area (Å²) in [5.74, 6) is 0. The maximum Gasteiger partial charge on any atom is 0.243 e. The third-order valence-electron chi connectivity index (χ3n) is 2.90. The molecule has 1 saturated carbocycles. The average molecular weight is 364 g/mol. The molecule has 0 atom stereocenters. The summed E-state index contributed by atoms with van der Waals surface area (Å²) in [4.78, 5) is 0.202. The first-order valence-electron chi connectivity index (χ1n) is 5.80. The largest absolute Gasteiger partial charge is 0.243 e. The zero-order valence-electron chi connectivity index (χ0n) is 10.0. The fourth-order valence-corrected chi connectivity index (χ4v) is 4.15. The molecule has 1 aliphatic carbocycles. The zero-order valence-corrected chi connectivity index (χ0v) is 13.2. The van der Waals surface area contributed by atoms with E-state index < -0.39 is 10.0 Å². The maximum atomic E-state index is 12.5. The second-order valence-electron chi connectivity index (χ2n) is 4.33. The molecule has 0 aliphatic heterocycles. The quantitative estimate of drug-likeness (QED) is 0.807. The molecule has 0 bridgehead atoms. The van der Waals surface area contributed by atoms with Crippen molar-refractivity contribution in [1.29, 1.82) is 5.26 Å². The molecule has 0 N–H and O–H groups in total. The molecule has 1 aliphatic rings. The monoisotopic (exact) mass is 362 g/mol. The third-order valence-corrected chi connectivity index (χ3v) is 6.06. The van der Waals surface area contributed by atoms with Crippen LogP contribution in [0.15, 0.2) is 27.6 Å². The molecule has 1 fully saturated rings. The summed E-state index contributed by atoms with van der Waals surface area (Å²) in [5.41, 5.74) is 0. The Morgan fingerprint density at radius 3 is 2.68 bits per heavy atom. The van der Waals surface area contributed by atoms with Crippen LogP contribution in [0.1, 0.15) is 19.3 Å². The molecule has 0 aromatic heterocycles. The van der Waals surface area contributed by atoms with E-state index in [-0.39, 0.29) is 23.9 Å². The van der Waals surface area contributed by atoms with E-state index in [4.69, 9.17) is 16.9 Å². The number of rotatable bonds is 5. The van der Waals surface area contributed by atoms with Crippen molar-refractivity contribution in [2.45, 2.75) is 30.2 Å². The summed E-state index contributed by atoms with van der Waals surface area (Å²) in [6.07, 6.45) is 1.92. The van der Waals surface area contributed by atoms with Crippen LogP contribution in [0.25, 0.3) is 0 Å². The molecule has 7 heteroatoms. The van der Waals surface area contributed by atoms with Crippen molar-refractivity contribution in [1.82, 2.24) is 4.31 Å². The van der Waals surface area contributed by atoms with E-state index in [0.29, 0.717) is 9.50 Å². The molecule has 102 valence electrons. The van der Waals surface area contributed by atoms with Crippen LogP contribution in [0.2, 0.25) is 5.02 Å². The summed E-state index contributed by atoms with van der Waals surface area (Å²) >= 11 is 9.10. The topological polar surface area (TPSA) is 61.2 Å². The van der Waals surface area contributed by atoms with Crippen molar-refractivity contribution in [3.8, 4) is 6.07 Å². The Kier molecular flexibility index (Phi) is 4.51. The van der Waals surface area contributed by atoms with Crippen molar-refractivity contribution in [3.05, 3.63) is 27.7 Å². The van der Waals surface area contributed by atoms with Crippen molar-refractivity contribution in [2.75, 3.05) is 6.54 Å². The Balaban J connectivity index is 2.33. The molecule has 2 rings (SSSR count). The molecule has 0 unspecified atom stereocenters. The summed E-state index contributed by atoms with van der Waals surface area (Å²) < 4.78 is 27.0. The predicted molar refractivity (Wildman–Crippen MR) is 76.3 cm³/mol. The molecule has 19 heavy (non-hydrogen) atoms. The molecule has 1 aromatic carbocycles.